The van der Waals surface area contributed by atoms with E-state index in [4.69, 9.17) is 16.3 Å². The van der Waals surface area contributed by atoms with Crippen LogP contribution in [0.15, 0.2) is 41.4 Å². The van der Waals surface area contributed by atoms with Crippen LogP contribution in [0.5, 0.6) is 10.8 Å². The summed E-state index contributed by atoms with van der Waals surface area (Å²) in [6.45, 7) is 8.13. The van der Waals surface area contributed by atoms with Gasteiger partial charge < -0.3 is 9.64 Å². The Labute approximate surface area is 186 Å². The van der Waals surface area contributed by atoms with Gasteiger partial charge in [0.15, 0.2) is 0 Å². The van der Waals surface area contributed by atoms with Gasteiger partial charge in [0.2, 0.25) is 5.06 Å². The SMILES string of the molecule is Cc1cc(Oc2snc(-c3ccccc3C)c2C#N)c(Cl)cc1N=CN(C)C(C)C. The summed E-state index contributed by atoms with van der Waals surface area (Å²) >= 11 is 7.61. The number of aliphatic imine (C=N–C) groups is 1. The van der Waals surface area contributed by atoms with Crippen LogP contribution in [0, 0.1) is 25.2 Å². The van der Waals surface area contributed by atoms with E-state index in [1.54, 1.807) is 12.4 Å². The molecule has 0 atom stereocenters. The number of nitriles is 1. The minimum absolute atomic E-state index is 0.352. The van der Waals surface area contributed by atoms with Crippen LogP contribution in [-0.2, 0) is 0 Å². The van der Waals surface area contributed by atoms with Crippen LogP contribution in [0.25, 0.3) is 11.3 Å². The van der Waals surface area contributed by atoms with E-state index in [-0.39, 0.29) is 0 Å². The van der Waals surface area contributed by atoms with Gasteiger partial charge in [-0.05, 0) is 51.0 Å². The molecule has 0 amide bonds. The second-order valence-electron chi connectivity index (χ2n) is 7.30. The van der Waals surface area contributed by atoms with Gasteiger partial charge in [-0.15, -0.1) is 0 Å². The average Bonchev–Trinajstić information content (AvgIpc) is 3.11. The Morgan fingerprint density at radius 2 is 1.97 bits per heavy atom. The van der Waals surface area contributed by atoms with E-state index >= 15 is 0 Å². The van der Waals surface area contributed by atoms with Crippen molar-refractivity contribution in [3.05, 3.63) is 58.1 Å². The van der Waals surface area contributed by atoms with Crippen molar-refractivity contribution in [2.75, 3.05) is 7.05 Å². The van der Waals surface area contributed by atoms with Crippen LogP contribution in [0.2, 0.25) is 5.02 Å². The third-order valence-electron chi connectivity index (χ3n) is 4.82. The minimum atomic E-state index is 0.352. The first-order valence-corrected chi connectivity index (χ1v) is 10.7. The van der Waals surface area contributed by atoms with Crippen molar-refractivity contribution in [3.8, 4) is 28.1 Å². The van der Waals surface area contributed by atoms with E-state index in [1.807, 2.05) is 56.1 Å². The smallest absolute Gasteiger partial charge is 0.218 e. The Kier molecular flexibility index (Phi) is 6.76. The van der Waals surface area contributed by atoms with Crippen molar-refractivity contribution in [2.24, 2.45) is 4.99 Å². The highest BCUT2D eigenvalue weighted by atomic mass is 35.5. The maximum atomic E-state index is 9.73. The molecule has 0 bridgehead atoms. The molecular weight excluding hydrogens is 416 g/mol. The topological polar surface area (TPSA) is 61.5 Å². The molecule has 5 nitrogen and oxygen atoms in total. The van der Waals surface area contributed by atoms with Crippen LogP contribution >= 0.6 is 23.1 Å². The third kappa shape index (κ3) is 4.64. The van der Waals surface area contributed by atoms with E-state index in [2.05, 4.69) is 29.3 Å². The maximum Gasteiger partial charge on any atom is 0.218 e. The molecule has 0 radical (unpaired) electrons. The van der Waals surface area contributed by atoms with E-state index in [0.717, 1.165) is 33.9 Å². The molecule has 0 saturated heterocycles. The number of rotatable bonds is 6. The van der Waals surface area contributed by atoms with Crippen molar-refractivity contribution in [3.63, 3.8) is 0 Å². The maximum absolute atomic E-state index is 9.73. The zero-order valence-electron chi connectivity index (χ0n) is 17.6. The Balaban J connectivity index is 1.92. The molecule has 0 spiro atoms. The third-order valence-corrected chi connectivity index (χ3v) is 5.84. The summed E-state index contributed by atoms with van der Waals surface area (Å²) in [5, 5.41) is 10.6. The molecule has 154 valence electrons. The quantitative estimate of drug-likeness (QED) is 0.315. The molecule has 2 aromatic carbocycles. The highest BCUT2D eigenvalue weighted by molar-refractivity contribution is 7.08. The number of benzene rings is 2. The summed E-state index contributed by atoms with van der Waals surface area (Å²) in [4.78, 5) is 6.54. The van der Waals surface area contributed by atoms with Gasteiger partial charge in [-0.1, -0.05) is 35.9 Å². The average molecular weight is 439 g/mol. The highest BCUT2D eigenvalue weighted by Crippen LogP contribution is 2.41. The molecule has 0 unspecified atom stereocenters. The largest absolute Gasteiger partial charge is 0.442 e. The van der Waals surface area contributed by atoms with E-state index in [1.165, 1.54) is 0 Å². The zero-order valence-corrected chi connectivity index (χ0v) is 19.2. The van der Waals surface area contributed by atoms with Gasteiger partial charge in [0.05, 0.1) is 17.0 Å². The minimum Gasteiger partial charge on any atom is -0.442 e. The summed E-state index contributed by atoms with van der Waals surface area (Å²) in [7, 11) is 1.97. The predicted molar refractivity (Wildman–Crippen MR) is 124 cm³/mol. The molecule has 0 aliphatic rings. The van der Waals surface area contributed by atoms with Crippen LogP contribution in [0.3, 0.4) is 0 Å². The molecule has 0 aliphatic carbocycles. The number of halogens is 1. The van der Waals surface area contributed by atoms with Gasteiger partial charge in [0.1, 0.15) is 23.1 Å². The molecule has 0 aliphatic heterocycles. The van der Waals surface area contributed by atoms with Crippen molar-refractivity contribution < 1.29 is 4.74 Å². The number of hydrogen-bond donors (Lipinski definition) is 0. The van der Waals surface area contributed by atoms with Crippen LogP contribution in [-0.4, -0.2) is 28.7 Å². The normalized spacial score (nSPS) is 11.1. The summed E-state index contributed by atoms with van der Waals surface area (Å²) in [5.74, 6) is 0.474. The number of hydrogen-bond acceptors (Lipinski definition) is 5. The molecule has 7 heteroatoms. The molecular formula is C23H23ClN4OS. The first-order valence-electron chi connectivity index (χ1n) is 9.51. The molecule has 1 heterocycles. The lowest BCUT2D eigenvalue weighted by atomic mass is 10.0. The Morgan fingerprint density at radius 3 is 2.63 bits per heavy atom. The van der Waals surface area contributed by atoms with Crippen LogP contribution in [0.1, 0.15) is 30.5 Å². The second-order valence-corrected chi connectivity index (χ2v) is 8.44. The van der Waals surface area contributed by atoms with Crippen LogP contribution < -0.4 is 4.74 Å². The van der Waals surface area contributed by atoms with E-state index in [0.29, 0.717) is 33.1 Å². The Bertz CT molecular complexity index is 1130. The van der Waals surface area contributed by atoms with Crippen molar-refractivity contribution >= 4 is 35.2 Å². The monoisotopic (exact) mass is 438 g/mol. The molecule has 0 N–H and O–H groups in total. The van der Waals surface area contributed by atoms with Gasteiger partial charge >= 0.3 is 0 Å². The van der Waals surface area contributed by atoms with Gasteiger partial charge in [-0.25, -0.2) is 4.99 Å². The van der Waals surface area contributed by atoms with E-state index < -0.39 is 0 Å². The zero-order chi connectivity index (χ0) is 21.8. The van der Waals surface area contributed by atoms with Gasteiger partial charge in [0, 0.05) is 30.2 Å². The predicted octanol–water partition coefficient (Wildman–Crippen LogP) is 6.74. The highest BCUT2D eigenvalue weighted by Gasteiger charge is 2.19. The second kappa shape index (κ2) is 9.29. The van der Waals surface area contributed by atoms with Gasteiger partial charge in [-0.3, -0.25) is 0 Å². The first-order chi connectivity index (χ1) is 14.3. The fourth-order valence-corrected chi connectivity index (χ4v) is 3.64. The number of aromatic nitrogens is 1. The molecule has 1 aromatic heterocycles. The fraction of sp³-hybridized carbons (Fsp3) is 0.261. The lowest BCUT2D eigenvalue weighted by molar-refractivity contribution is 0.429. The lowest BCUT2D eigenvalue weighted by Crippen LogP contribution is -2.24. The van der Waals surface area contributed by atoms with Crippen molar-refractivity contribution in [1.82, 2.24) is 9.27 Å². The Morgan fingerprint density at radius 1 is 1.23 bits per heavy atom. The number of aryl methyl sites for hydroxylation is 2. The lowest BCUT2D eigenvalue weighted by Gasteiger charge is -2.17. The molecule has 0 fully saturated rings. The Hall–Kier alpha value is -2.88. The first kappa shape index (κ1) is 21.8. The molecule has 30 heavy (non-hydrogen) atoms. The van der Waals surface area contributed by atoms with Crippen molar-refractivity contribution in [2.45, 2.75) is 33.7 Å². The molecule has 3 rings (SSSR count). The van der Waals surface area contributed by atoms with E-state index in [9.17, 15) is 5.26 Å². The molecule has 0 saturated carbocycles. The number of nitrogens with zero attached hydrogens (tertiary/aromatic N) is 4. The number of ether oxygens (including phenoxy) is 1. The molecule has 3 aromatic rings. The summed E-state index contributed by atoms with van der Waals surface area (Å²) in [6.07, 6.45) is 1.79. The van der Waals surface area contributed by atoms with Crippen molar-refractivity contribution in [1.29, 1.82) is 5.26 Å². The summed E-state index contributed by atoms with van der Waals surface area (Å²) < 4.78 is 10.5. The standard InChI is InChI=1S/C23H23ClN4OS/c1-14(2)28(5)13-26-20-11-19(24)21(10-16(20)4)29-23-18(12-25)22(27-30-23)17-9-7-6-8-15(17)3/h6-11,13-14H,1-5H3. The summed E-state index contributed by atoms with van der Waals surface area (Å²) in [6, 6.07) is 14.0. The van der Waals surface area contributed by atoms with Gasteiger partial charge in [-0.2, -0.15) is 9.64 Å². The summed E-state index contributed by atoms with van der Waals surface area (Å²) in [5.41, 5.74) is 4.69. The van der Waals surface area contributed by atoms with Crippen LogP contribution in [0.4, 0.5) is 5.69 Å². The fourth-order valence-electron chi connectivity index (χ4n) is 2.71. The van der Waals surface area contributed by atoms with Gasteiger partial charge in [0.25, 0.3) is 0 Å².